The maximum atomic E-state index is 3.65. The topological polar surface area (TPSA) is 20.7 Å². The molecule has 0 atom stereocenters. The first-order valence-corrected chi connectivity index (χ1v) is 15.1. The van der Waals surface area contributed by atoms with Gasteiger partial charge in [-0.1, -0.05) is 109 Å². The molecule has 2 nitrogen and oxygen atoms in total. The number of nitrogens with zero attached hydrogens (tertiary/aromatic N) is 1. The first-order chi connectivity index (χ1) is 21.8. The van der Waals surface area contributed by atoms with E-state index in [2.05, 4.69) is 173 Å². The van der Waals surface area contributed by atoms with Crippen molar-refractivity contribution < 1.29 is 0 Å². The van der Waals surface area contributed by atoms with Crippen molar-refractivity contribution in [2.75, 3.05) is 0 Å². The molecule has 2 heteroatoms. The van der Waals surface area contributed by atoms with Gasteiger partial charge in [-0.15, -0.1) is 0 Å². The van der Waals surface area contributed by atoms with Crippen molar-refractivity contribution >= 4 is 43.6 Å². The summed E-state index contributed by atoms with van der Waals surface area (Å²) < 4.78 is 2.37. The van der Waals surface area contributed by atoms with E-state index in [0.717, 1.165) is 11.0 Å². The number of rotatable bonds is 4. The van der Waals surface area contributed by atoms with Crippen LogP contribution in [0.25, 0.3) is 82.7 Å². The van der Waals surface area contributed by atoms with Gasteiger partial charge in [0.05, 0.1) is 11.0 Å². The second-order valence-electron chi connectivity index (χ2n) is 11.5. The third-order valence-corrected chi connectivity index (χ3v) is 8.94. The molecule has 9 aromatic rings. The van der Waals surface area contributed by atoms with Crippen LogP contribution in [-0.2, 0) is 0 Å². The van der Waals surface area contributed by atoms with Gasteiger partial charge < -0.3 is 9.55 Å². The van der Waals surface area contributed by atoms with Crippen LogP contribution in [0.5, 0.6) is 0 Å². The largest absolute Gasteiger partial charge is 0.355 e. The van der Waals surface area contributed by atoms with Gasteiger partial charge >= 0.3 is 0 Å². The molecule has 44 heavy (non-hydrogen) atoms. The van der Waals surface area contributed by atoms with Crippen molar-refractivity contribution in [1.82, 2.24) is 9.55 Å². The Hall–Kier alpha value is -5.86. The van der Waals surface area contributed by atoms with Crippen LogP contribution >= 0.6 is 0 Å². The Kier molecular flexibility index (Phi) is 5.54. The van der Waals surface area contributed by atoms with Crippen LogP contribution in [0.3, 0.4) is 0 Å². The van der Waals surface area contributed by atoms with Gasteiger partial charge in [0, 0.05) is 38.3 Å². The Morgan fingerprint density at radius 3 is 1.61 bits per heavy atom. The number of aromatic amines is 1. The third kappa shape index (κ3) is 3.89. The highest BCUT2D eigenvalue weighted by Gasteiger charge is 2.14. The number of fused-ring (bicyclic) bond motifs is 6. The fourth-order valence-corrected chi connectivity index (χ4v) is 6.86. The number of aromatic nitrogens is 2. The number of benzene rings is 7. The van der Waals surface area contributed by atoms with E-state index in [-0.39, 0.29) is 0 Å². The van der Waals surface area contributed by atoms with Crippen LogP contribution in [-0.4, -0.2) is 9.55 Å². The number of para-hydroxylation sites is 2. The lowest BCUT2D eigenvalue weighted by molar-refractivity contribution is 1.18. The molecule has 206 valence electrons. The van der Waals surface area contributed by atoms with Crippen LogP contribution in [0.1, 0.15) is 0 Å². The minimum atomic E-state index is 1.15. The summed E-state index contributed by atoms with van der Waals surface area (Å²) in [4.78, 5) is 3.65. The summed E-state index contributed by atoms with van der Waals surface area (Å²) in [7, 11) is 0. The Balaban J connectivity index is 1.20. The first kappa shape index (κ1) is 24.7. The van der Waals surface area contributed by atoms with Gasteiger partial charge in [-0.3, -0.25) is 0 Å². The zero-order valence-electron chi connectivity index (χ0n) is 24.0. The molecular formula is C42H28N2. The number of H-pyrrole nitrogens is 1. The molecule has 0 aliphatic carbocycles. The molecule has 0 fully saturated rings. The second-order valence-corrected chi connectivity index (χ2v) is 11.5. The van der Waals surface area contributed by atoms with E-state index in [4.69, 9.17) is 0 Å². The summed E-state index contributed by atoms with van der Waals surface area (Å²) in [6.07, 6.45) is 0. The average Bonchev–Trinajstić information content (AvgIpc) is 3.63. The molecule has 9 rings (SSSR count). The van der Waals surface area contributed by atoms with E-state index in [1.165, 1.54) is 71.6 Å². The lowest BCUT2D eigenvalue weighted by Gasteiger charge is -2.10. The zero-order chi connectivity index (χ0) is 29.0. The van der Waals surface area contributed by atoms with E-state index in [1.807, 2.05) is 0 Å². The molecule has 0 unspecified atom stereocenters. The average molecular weight is 561 g/mol. The van der Waals surface area contributed by atoms with Gasteiger partial charge in [0.15, 0.2) is 0 Å². The maximum Gasteiger partial charge on any atom is 0.0541 e. The summed E-state index contributed by atoms with van der Waals surface area (Å²) in [6, 6.07) is 59.2. The van der Waals surface area contributed by atoms with Crippen LogP contribution in [0.4, 0.5) is 0 Å². The van der Waals surface area contributed by atoms with Crippen molar-refractivity contribution in [2.45, 2.75) is 0 Å². The monoisotopic (exact) mass is 560 g/mol. The molecular weight excluding hydrogens is 532 g/mol. The van der Waals surface area contributed by atoms with Crippen molar-refractivity contribution in [1.29, 1.82) is 0 Å². The third-order valence-electron chi connectivity index (χ3n) is 8.94. The van der Waals surface area contributed by atoms with E-state index in [1.54, 1.807) is 0 Å². The summed E-state index contributed by atoms with van der Waals surface area (Å²) in [5.41, 5.74) is 13.3. The minimum Gasteiger partial charge on any atom is -0.355 e. The normalized spacial score (nSPS) is 11.6. The molecule has 0 radical (unpaired) electrons. The first-order valence-electron chi connectivity index (χ1n) is 15.1. The molecule has 0 amide bonds. The molecule has 0 bridgehead atoms. The highest BCUT2D eigenvalue weighted by Crippen LogP contribution is 2.38. The lowest BCUT2D eigenvalue weighted by Crippen LogP contribution is -1.92. The SMILES string of the molecule is c1ccc(-c2ccccc2-c2ccc3[nH]c4ccc(-c5ccc6c(c5)c5ccccc5n6-c5ccccc5)cc4c3c2)cc1. The van der Waals surface area contributed by atoms with Crippen molar-refractivity contribution in [2.24, 2.45) is 0 Å². The van der Waals surface area contributed by atoms with Crippen LogP contribution in [0.15, 0.2) is 164 Å². The minimum absolute atomic E-state index is 1.15. The van der Waals surface area contributed by atoms with Gasteiger partial charge in [-0.05, 0) is 88.0 Å². The van der Waals surface area contributed by atoms with Crippen LogP contribution in [0, 0.1) is 0 Å². The number of nitrogens with one attached hydrogen (secondary N) is 1. The van der Waals surface area contributed by atoms with E-state index in [0.29, 0.717) is 0 Å². The number of hydrogen-bond donors (Lipinski definition) is 1. The lowest BCUT2D eigenvalue weighted by atomic mass is 9.93. The van der Waals surface area contributed by atoms with Crippen LogP contribution < -0.4 is 0 Å². The molecule has 0 spiro atoms. The molecule has 0 saturated heterocycles. The van der Waals surface area contributed by atoms with Crippen LogP contribution in [0.2, 0.25) is 0 Å². The van der Waals surface area contributed by atoms with E-state index >= 15 is 0 Å². The molecule has 2 heterocycles. The predicted octanol–water partition coefficient (Wildman–Crippen LogP) is 11.4. The molecule has 7 aromatic carbocycles. The Bertz CT molecular complexity index is 2480. The quantitative estimate of drug-likeness (QED) is 0.221. The van der Waals surface area contributed by atoms with Crippen molar-refractivity contribution in [3.63, 3.8) is 0 Å². The Morgan fingerprint density at radius 1 is 0.341 bits per heavy atom. The van der Waals surface area contributed by atoms with E-state index < -0.39 is 0 Å². The predicted molar refractivity (Wildman–Crippen MR) is 186 cm³/mol. The van der Waals surface area contributed by atoms with Gasteiger partial charge in [0.2, 0.25) is 0 Å². The fourth-order valence-electron chi connectivity index (χ4n) is 6.86. The van der Waals surface area contributed by atoms with Crippen molar-refractivity contribution in [3.05, 3.63) is 164 Å². The van der Waals surface area contributed by atoms with Gasteiger partial charge in [0.25, 0.3) is 0 Å². The summed E-state index contributed by atoms with van der Waals surface area (Å²) >= 11 is 0. The molecule has 2 aromatic heterocycles. The Morgan fingerprint density at radius 2 is 0.864 bits per heavy atom. The molecule has 0 aliphatic heterocycles. The molecule has 1 N–H and O–H groups in total. The smallest absolute Gasteiger partial charge is 0.0541 e. The Labute approximate surface area is 255 Å². The summed E-state index contributed by atoms with van der Waals surface area (Å²) in [5, 5.41) is 5.01. The highest BCUT2D eigenvalue weighted by molar-refractivity contribution is 6.12. The number of hydrogen-bond acceptors (Lipinski definition) is 0. The standard InChI is InChI=1S/C42H28N2/c1-3-11-28(12-4-1)33-15-7-8-16-34(33)31-20-23-40-37(27-31)36-25-29(19-22-39(36)43-40)30-21-24-42-38(26-30)35-17-9-10-18-41(35)44(42)32-13-5-2-6-14-32/h1-27,43H. The van der Waals surface area contributed by atoms with Crippen molar-refractivity contribution in [3.8, 4) is 39.1 Å². The van der Waals surface area contributed by atoms with Gasteiger partial charge in [-0.2, -0.15) is 0 Å². The zero-order valence-corrected chi connectivity index (χ0v) is 24.0. The molecule has 0 saturated carbocycles. The molecule has 0 aliphatic rings. The summed E-state index contributed by atoms with van der Waals surface area (Å²) in [6.45, 7) is 0. The highest BCUT2D eigenvalue weighted by atomic mass is 15.0. The van der Waals surface area contributed by atoms with Gasteiger partial charge in [0.1, 0.15) is 0 Å². The fraction of sp³-hybridized carbons (Fsp3) is 0. The van der Waals surface area contributed by atoms with Gasteiger partial charge in [-0.25, -0.2) is 0 Å². The second kappa shape index (κ2) is 9.86. The summed E-state index contributed by atoms with van der Waals surface area (Å²) in [5.74, 6) is 0. The van der Waals surface area contributed by atoms with E-state index in [9.17, 15) is 0 Å². The maximum absolute atomic E-state index is 3.65.